The first-order valence-corrected chi connectivity index (χ1v) is 11.4. The van der Waals surface area contributed by atoms with Crippen LogP contribution in [0.3, 0.4) is 0 Å². The fraction of sp³-hybridized carbons (Fsp3) is 0.286. The van der Waals surface area contributed by atoms with Crippen molar-refractivity contribution in [2.75, 3.05) is 25.6 Å². The highest BCUT2D eigenvalue weighted by molar-refractivity contribution is 6.04. The molecule has 1 heterocycles. The molecule has 0 fully saturated rings. The number of nitrogens with zero attached hydrogens (tertiary/aromatic N) is 3. The van der Waals surface area contributed by atoms with Gasteiger partial charge in [-0.15, -0.1) is 6.42 Å². The van der Waals surface area contributed by atoms with Crippen molar-refractivity contribution in [3.63, 3.8) is 0 Å². The van der Waals surface area contributed by atoms with Crippen molar-refractivity contribution in [2.45, 2.75) is 32.3 Å². The standard InChI is InChI=1S/C28H27F2N3O3/c1-6-18-22(29)11-8-16-14-17(34)15-21(23(16)18)19-9-10-20-25(24(19)30)31-27(36-5)32-26(20)33(4)13-7-12-28(2,3)35/h1,8-11,14-15,34-35H,7,12-13H2,2-5H3. The molecule has 36 heavy (non-hydrogen) atoms. The summed E-state index contributed by atoms with van der Waals surface area (Å²) in [7, 11) is 3.22. The van der Waals surface area contributed by atoms with Crippen molar-refractivity contribution < 1.29 is 23.7 Å². The van der Waals surface area contributed by atoms with Gasteiger partial charge in [0.05, 0.1) is 18.3 Å². The number of benzene rings is 3. The number of anilines is 1. The largest absolute Gasteiger partial charge is 0.508 e. The maximum Gasteiger partial charge on any atom is 0.318 e. The molecule has 186 valence electrons. The molecule has 0 aliphatic rings. The maximum atomic E-state index is 16.1. The lowest BCUT2D eigenvalue weighted by Crippen LogP contribution is -2.25. The number of methoxy groups -OCH3 is 1. The molecule has 0 unspecified atom stereocenters. The van der Waals surface area contributed by atoms with Gasteiger partial charge in [0.25, 0.3) is 0 Å². The van der Waals surface area contributed by atoms with Gasteiger partial charge in [-0.3, -0.25) is 0 Å². The van der Waals surface area contributed by atoms with Gasteiger partial charge in [0.15, 0.2) is 5.82 Å². The predicted molar refractivity (Wildman–Crippen MR) is 137 cm³/mol. The number of rotatable bonds is 7. The first-order chi connectivity index (χ1) is 17.0. The number of aromatic nitrogens is 2. The molecule has 4 aromatic rings. The van der Waals surface area contributed by atoms with Crippen molar-refractivity contribution in [1.82, 2.24) is 9.97 Å². The zero-order chi connectivity index (χ0) is 26.2. The number of halogens is 2. The van der Waals surface area contributed by atoms with Crippen LogP contribution < -0.4 is 9.64 Å². The van der Waals surface area contributed by atoms with Crippen LogP contribution in [0.25, 0.3) is 32.8 Å². The second-order valence-electron chi connectivity index (χ2n) is 9.35. The minimum absolute atomic E-state index is 0.0128. The van der Waals surface area contributed by atoms with Crippen LogP contribution in [0.4, 0.5) is 14.6 Å². The Labute approximate surface area is 208 Å². The molecule has 0 aliphatic carbocycles. The molecule has 0 atom stereocenters. The Bertz CT molecular complexity index is 1510. The Kier molecular flexibility index (Phi) is 6.70. The normalized spacial score (nSPS) is 11.6. The van der Waals surface area contributed by atoms with Gasteiger partial charge in [-0.05, 0) is 61.9 Å². The van der Waals surface area contributed by atoms with Gasteiger partial charge >= 0.3 is 6.01 Å². The molecule has 0 amide bonds. The minimum atomic E-state index is -0.798. The number of terminal acetylenes is 1. The number of phenols is 1. The maximum absolute atomic E-state index is 16.1. The lowest BCUT2D eigenvalue weighted by Gasteiger charge is -2.23. The third kappa shape index (κ3) is 4.75. The monoisotopic (exact) mass is 491 g/mol. The molecule has 1 aromatic heterocycles. The third-order valence-electron chi connectivity index (χ3n) is 6.08. The predicted octanol–water partition coefficient (Wildman–Crippen LogP) is 5.41. The van der Waals surface area contributed by atoms with E-state index in [2.05, 4.69) is 15.9 Å². The van der Waals surface area contributed by atoms with Crippen LogP contribution in [0.15, 0.2) is 36.4 Å². The third-order valence-corrected chi connectivity index (χ3v) is 6.08. The number of aromatic hydroxyl groups is 1. The molecular weight excluding hydrogens is 464 g/mol. The van der Waals surface area contributed by atoms with E-state index in [1.54, 1.807) is 26.0 Å². The van der Waals surface area contributed by atoms with Crippen molar-refractivity contribution in [3.8, 4) is 35.2 Å². The first-order valence-electron chi connectivity index (χ1n) is 11.4. The van der Waals surface area contributed by atoms with E-state index in [9.17, 15) is 14.6 Å². The summed E-state index contributed by atoms with van der Waals surface area (Å²) in [5, 5.41) is 21.6. The number of aliphatic hydroxyl groups is 1. The first kappa shape index (κ1) is 25.1. The fourth-order valence-corrected chi connectivity index (χ4v) is 4.35. The molecule has 3 aromatic carbocycles. The number of ether oxygens (including phenoxy) is 1. The summed E-state index contributed by atoms with van der Waals surface area (Å²) in [5.41, 5.74) is -0.460. The summed E-state index contributed by atoms with van der Waals surface area (Å²) in [4.78, 5) is 10.5. The van der Waals surface area contributed by atoms with E-state index in [4.69, 9.17) is 11.2 Å². The molecule has 4 rings (SSSR count). The zero-order valence-electron chi connectivity index (χ0n) is 20.6. The molecule has 0 saturated heterocycles. The van der Waals surface area contributed by atoms with Crippen molar-refractivity contribution in [3.05, 3.63) is 53.6 Å². The summed E-state index contributed by atoms with van der Waals surface area (Å²) >= 11 is 0. The van der Waals surface area contributed by atoms with Gasteiger partial charge in [0.1, 0.15) is 22.9 Å². The summed E-state index contributed by atoms with van der Waals surface area (Å²) in [6.07, 6.45) is 6.85. The Balaban J connectivity index is 1.91. The van der Waals surface area contributed by atoms with E-state index in [1.165, 1.54) is 31.4 Å². The van der Waals surface area contributed by atoms with Crippen LogP contribution in [0.5, 0.6) is 11.8 Å². The van der Waals surface area contributed by atoms with Gasteiger partial charge < -0.3 is 19.8 Å². The molecule has 0 bridgehead atoms. The van der Waals surface area contributed by atoms with E-state index in [1.807, 2.05) is 11.9 Å². The van der Waals surface area contributed by atoms with Crippen LogP contribution in [-0.2, 0) is 0 Å². The molecule has 6 nitrogen and oxygen atoms in total. The average Bonchev–Trinajstić information content (AvgIpc) is 2.82. The molecule has 8 heteroatoms. The number of hydrogen-bond donors (Lipinski definition) is 2. The van der Waals surface area contributed by atoms with Crippen LogP contribution >= 0.6 is 0 Å². The second kappa shape index (κ2) is 9.59. The Hall–Kier alpha value is -3.96. The summed E-state index contributed by atoms with van der Waals surface area (Å²) < 4.78 is 35.9. The lowest BCUT2D eigenvalue weighted by atomic mass is 9.93. The minimum Gasteiger partial charge on any atom is -0.508 e. The summed E-state index contributed by atoms with van der Waals surface area (Å²) in [5.74, 6) is 1.41. The highest BCUT2D eigenvalue weighted by Crippen LogP contribution is 2.39. The fourth-order valence-electron chi connectivity index (χ4n) is 4.35. The van der Waals surface area contributed by atoms with E-state index in [-0.39, 0.29) is 34.0 Å². The van der Waals surface area contributed by atoms with Crippen molar-refractivity contribution in [1.29, 1.82) is 0 Å². The number of phenolic OH excluding ortho intramolecular Hbond substituents is 1. The summed E-state index contributed by atoms with van der Waals surface area (Å²) in [6.45, 7) is 4.05. The molecule has 0 aliphatic heterocycles. The second-order valence-corrected chi connectivity index (χ2v) is 9.35. The summed E-state index contributed by atoms with van der Waals surface area (Å²) in [6, 6.07) is 8.72. The Morgan fingerprint density at radius 3 is 2.53 bits per heavy atom. The zero-order valence-corrected chi connectivity index (χ0v) is 20.6. The highest BCUT2D eigenvalue weighted by Gasteiger charge is 2.22. The van der Waals surface area contributed by atoms with Gasteiger partial charge in [0, 0.05) is 29.9 Å². The van der Waals surface area contributed by atoms with Gasteiger partial charge in [-0.2, -0.15) is 9.97 Å². The average molecular weight is 492 g/mol. The molecule has 0 saturated carbocycles. The Morgan fingerprint density at radius 1 is 1.11 bits per heavy atom. The molecule has 2 N–H and O–H groups in total. The number of hydrogen-bond acceptors (Lipinski definition) is 6. The van der Waals surface area contributed by atoms with E-state index >= 15 is 4.39 Å². The van der Waals surface area contributed by atoms with Crippen LogP contribution in [0.2, 0.25) is 0 Å². The van der Waals surface area contributed by atoms with E-state index in [0.717, 1.165) is 0 Å². The number of fused-ring (bicyclic) bond motifs is 2. The van der Waals surface area contributed by atoms with Crippen molar-refractivity contribution >= 4 is 27.5 Å². The van der Waals surface area contributed by atoms with Crippen molar-refractivity contribution in [2.24, 2.45) is 0 Å². The highest BCUT2D eigenvalue weighted by atomic mass is 19.1. The topological polar surface area (TPSA) is 78.7 Å². The van der Waals surface area contributed by atoms with E-state index < -0.39 is 17.2 Å². The Morgan fingerprint density at radius 2 is 1.86 bits per heavy atom. The quantitative estimate of drug-likeness (QED) is 0.337. The SMILES string of the molecule is C#Cc1c(F)ccc2cc(O)cc(-c3ccc4c(N(C)CCCC(C)(C)O)nc(OC)nc4c3F)c12. The van der Waals surface area contributed by atoms with E-state index in [0.29, 0.717) is 41.4 Å². The van der Waals surface area contributed by atoms with Crippen LogP contribution in [0, 0.1) is 24.0 Å². The molecular formula is C28H27F2N3O3. The van der Waals surface area contributed by atoms with Gasteiger partial charge in [0.2, 0.25) is 0 Å². The molecule has 0 radical (unpaired) electrons. The lowest BCUT2D eigenvalue weighted by molar-refractivity contribution is 0.0694. The van der Waals surface area contributed by atoms with Gasteiger partial charge in [-0.1, -0.05) is 18.1 Å². The smallest absolute Gasteiger partial charge is 0.318 e. The molecule has 0 spiro atoms. The van der Waals surface area contributed by atoms with Crippen LogP contribution in [-0.4, -0.2) is 46.5 Å². The van der Waals surface area contributed by atoms with Gasteiger partial charge in [-0.25, -0.2) is 8.78 Å². The van der Waals surface area contributed by atoms with Crippen LogP contribution in [0.1, 0.15) is 32.3 Å².